The molecule has 0 atom stereocenters. The van der Waals surface area contributed by atoms with Gasteiger partial charge in [0.2, 0.25) is 17.4 Å². The maximum atomic E-state index is 14.3. The Bertz CT molecular complexity index is 1480. The number of anilines is 2. The molecule has 1 aliphatic rings. The molecule has 2 amide bonds. The zero-order chi connectivity index (χ0) is 28.2. The van der Waals surface area contributed by atoms with Crippen molar-refractivity contribution in [3.63, 3.8) is 0 Å². The molecule has 202 valence electrons. The van der Waals surface area contributed by atoms with Crippen molar-refractivity contribution >= 4 is 41.4 Å². The Morgan fingerprint density at radius 2 is 1.95 bits per heavy atom. The fraction of sp³-hybridized carbons (Fsp3) is 0.240. The lowest BCUT2D eigenvalue weighted by atomic mass is 10.1. The van der Waals surface area contributed by atoms with E-state index in [1.807, 2.05) is 0 Å². The van der Waals surface area contributed by atoms with E-state index in [4.69, 9.17) is 10.3 Å². The van der Waals surface area contributed by atoms with Crippen molar-refractivity contribution in [2.45, 2.75) is 32.0 Å². The van der Waals surface area contributed by atoms with E-state index in [1.165, 1.54) is 18.5 Å². The Morgan fingerprint density at radius 1 is 1.18 bits per heavy atom. The van der Waals surface area contributed by atoms with Crippen LogP contribution < -0.4 is 11.1 Å². The highest BCUT2D eigenvalue weighted by Crippen LogP contribution is 2.27. The lowest BCUT2D eigenvalue weighted by molar-refractivity contribution is -0.461. The van der Waals surface area contributed by atoms with Crippen molar-refractivity contribution in [3.05, 3.63) is 71.8 Å². The number of aromatic nitrogens is 3. The molecule has 0 unspecified atom stereocenters. The van der Waals surface area contributed by atoms with Gasteiger partial charge in [-0.1, -0.05) is 17.3 Å². The number of halogens is 4. The first kappa shape index (κ1) is 27.3. The van der Waals surface area contributed by atoms with Crippen LogP contribution in [-0.4, -0.2) is 61.2 Å². The van der Waals surface area contributed by atoms with Crippen LogP contribution in [-0.2, 0) is 16.1 Å². The molecule has 14 heteroatoms. The third kappa shape index (κ3) is 6.40. The second kappa shape index (κ2) is 11.3. The molecule has 0 bridgehead atoms. The van der Waals surface area contributed by atoms with Gasteiger partial charge >= 0.3 is 12.1 Å². The molecule has 0 radical (unpaired) electrons. The third-order valence-electron chi connectivity index (χ3n) is 5.77. The summed E-state index contributed by atoms with van der Waals surface area (Å²) in [6.45, 7) is 3.00. The van der Waals surface area contributed by atoms with Crippen molar-refractivity contribution < 1.29 is 40.8 Å². The average Bonchev–Trinajstić information content (AvgIpc) is 3.40. The molecule has 3 N–H and O–H groups in total. The highest BCUT2D eigenvalue weighted by molar-refractivity contribution is 6.11. The minimum Gasteiger partial charge on any atom is -0.382 e. The van der Waals surface area contributed by atoms with Crippen molar-refractivity contribution in [2.75, 3.05) is 17.6 Å². The summed E-state index contributed by atoms with van der Waals surface area (Å²) in [5.74, 6) is -2.66. The van der Waals surface area contributed by atoms with Crippen molar-refractivity contribution in [3.8, 4) is 0 Å². The molecular formula is C25H23F4N7O3+2. The van der Waals surface area contributed by atoms with Gasteiger partial charge in [0.1, 0.15) is 24.5 Å². The summed E-state index contributed by atoms with van der Waals surface area (Å²) in [5, 5.41) is 6.49. The number of hydrogen-bond acceptors (Lipinski definition) is 7. The number of allylic oxidation sites excluding steroid dienone is 1. The maximum absolute atomic E-state index is 14.3. The fourth-order valence-corrected chi connectivity index (χ4v) is 3.75. The summed E-state index contributed by atoms with van der Waals surface area (Å²) in [6, 6.07) is 7.99. The van der Waals surface area contributed by atoms with E-state index >= 15 is 0 Å². The molecule has 10 nitrogen and oxygen atoms in total. The first-order chi connectivity index (χ1) is 18.5. The number of nitrogens with two attached hydrogens (primary N) is 1. The highest BCUT2D eigenvalue weighted by Gasteiger charge is 2.47. The summed E-state index contributed by atoms with van der Waals surface area (Å²) < 4.78 is 58.5. The van der Waals surface area contributed by atoms with E-state index in [2.05, 4.69) is 27.2 Å². The zero-order valence-corrected chi connectivity index (χ0v) is 20.4. The number of nitrogens with one attached hydrogen (secondary N) is 1. The van der Waals surface area contributed by atoms with Gasteiger partial charge in [-0.3, -0.25) is 4.79 Å². The third-order valence-corrected chi connectivity index (χ3v) is 5.77. The number of rotatable bonds is 10. The summed E-state index contributed by atoms with van der Waals surface area (Å²) in [5.41, 5.74) is 8.38. The lowest BCUT2D eigenvalue weighted by Gasteiger charge is -2.16. The normalized spacial score (nSPS) is 13.1. The van der Waals surface area contributed by atoms with Crippen LogP contribution in [0.3, 0.4) is 0 Å². The second-order valence-corrected chi connectivity index (χ2v) is 8.54. The first-order valence-electron chi connectivity index (χ1n) is 11.7. The van der Waals surface area contributed by atoms with Crippen LogP contribution in [0.4, 0.5) is 29.1 Å². The molecule has 0 aliphatic carbocycles. The maximum Gasteiger partial charge on any atom is 0.521 e. The van der Waals surface area contributed by atoms with E-state index < -0.39 is 18.0 Å². The standard InChI is InChI=1S/C25H22F4N7O3/c1-35(24(38)25(27,28)29)10-5-4-8-21(37)32-18-13-31-23(33-22(18)30)20-12-19(17-9-11-39-34-17)36(20)14-15-6-2-3-7-16(15)26/h2-3,6-7,9,11-13H,1,4-5,8,10,14H2,(H2,30,33,34)/q+1/p+1. The van der Waals surface area contributed by atoms with Crippen LogP contribution in [0.25, 0.3) is 5.70 Å². The van der Waals surface area contributed by atoms with Crippen LogP contribution in [0, 0.1) is 5.82 Å². The van der Waals surface area contributed by atoms with Gasteiger partial charge in [-0.25, -0.2) is 19.2 Å². The Balaban J connectivity index is 1.40. The highest BCUT2D eigenvalue weighted by atomic mass is 19.4. The molecule has 0 fully saturated rings. The van der Waals surface area contributed by atoms with E-state index in [1.54, 1.807) is 34.9 Å². The van der Waals surface area contributed by atoms with Crippen molar-refractivity contribution in [1.82, 2.24) is 15.1 Å². The quantitative estimate of drug-likeness (QED) is 0.173. The van der Waals surface area contributed by atoms with Gasteiger partial charge in [-0.05, 0) is 18.6 Å². The van der Waals surface area contributed by atoms with Gasteiger partial charge in [0.05, 0.1) is 17.8 Å². The molecule has 0 saturated carbocycles. The summed E-state index contributed by atoms with van der Waals surface area (Å²) in [7, 11) is 0. The van der Waals surface area contributed by atoms with Crippen LogP contribution in [0.5, 0.6) is 0 Å². The fourth-order valence-electron chi connectivity index (χ4n) is 3.75. The van der Waals surface area contributed by atoms with Gasteiger partial charge in [0.15, 0.2) is 24.6 Å². The Labute approximate surface area is 219 Å². The molecule has 2 aromatic heterocycles. The van der Waals surface area contributed by atoms with Crippen LogP contribution in [0.2, 0.25) is 0 Å². The lowest BCUT2D eigenvalue weighted by Crippen LogP contribution is -2.34. The number of hydrogen-bond donors (Lipinski definition) is 2. The number of carbonyl (C=O) groups excluding carboxylic acids is 2. The van der Waals surface area contributed by atoms with Crippen LogP contribution in [0.1, 0.15) is 36.3 Å². The number of nitrogen functional groups attached to an aromatic ring is 1. The molecule has 1 aliphatic heterocycles. The summed E-state index contributed by atoms with van der Waals surface area (Å²) >= 11 is 0. The smallest absolute Gasteiger partial charge is 0.382 e. The Morgan fingerprint density at radius 3 is 2.62 bits per heavy atom. The predicted octanol–water partition coefficient (Wildman–Crippen LogP) is 3.15. The van der Waals surface area contributed by atoms with Gasteiger partial charge in [0, 0.05) is 18.9 Å². The molecule has 0 spiro atoms. The molecule has 39 heavy (non-hydrogen) atoms. The van der Waals surface area contributed by atoms with E-state index in [9.17, 15) is 27.2 Å². The predicted molar refractivity (Wildman–Crippen MR) is 131 cm³/mol. The number of nitrogens with zero attached hydrogens (tertiary/aromatic N) is 5. The molecule has 0 saturated heterocycles. The van der Waals surface area contributed by atoms with E-state index in [0.29, 0.717) is 27.2 Å². The SMILES string of the molecule is C=[N+](CCCCC(=O)Nc1cnc(C2=[N+](Cc3ccccc3F)C(c3ccon3)=C2)nc1N)C(=O)C(F)(F)F. The first-order valence-corrected chi connectivity index (χ1v) is 11.7. The second-order valence-electron chi connectivity index (χ2n) is 8.54. The summed E-state index contributed by atoms with van der Waals surface area (Å²) in [6.07, 6.45) is -0.193. The molecule has 3 aromatic rings. The van der Waals surface area contributed by atoms with Gasteiger partial charge in [0.25, 0.3) is 5.71 Å². The van der Waals surface area contributed by atoms with E-state index in [-0.39, 0.29) is 55.5 Å². The Kier molecular flexibility index (Phi) is 7.93. The van der Waals surface area contributed by atoms with Crippen LogP contribution >= 0.6 is 0 Å². The molecular weight excluding hydrogens is 522 g/mol. The Hall–Kier alpha value is -4.75. The summed E-state index contributed by atoms with van der Waals surface area (Å²) in [4.78, 5) is 31.9. The average molecular weight is 545 g/mol. The van der Waals surface area contributed by atoms with Crippen molar-refractivity contribution in [2.24, 2.45) is 0 Å². The van der Waals surface area contributed by atoms with E-state index in [0.717, 1.165) is 0 Å². The largest absolute Gasteiger partial charge is 0.521 e. The number of unbranched alkanes of at least 4 members (excludes halogenated alkanes) is 1. The molecule has 4 rings (SSSR count). The zero-order valence-electron chi connectivity index (χ0n) is 20.4. The number of amides is 2. The van der Waals surface area contributed by atoms with Crippen LogP contribution in [0.15, 0.2) is 53.4 Å². The number of alkyl halides is 3. The minimum atomic E-state index is -5.00. The number of benzene rings is 1. The number of carbonyl (C=O) groups is 2. The van der Waals surface area contributed by atoms with Gasteiger partial charge in [-0.15, -0.1) is 0 Å². The molecule has 3 heterocycles. The topological polar surface area (TPSA) is 130 Å². The minimum absolute atomic E-state index is 0.0188. The monoisotopic (exact) mass is 545 g/mol. The van der Waals surface area contributed by atoms with Gasteiger partial charge < -0.3 is 15.6 Å². The molecule has 1 aromatic carbocycles. The van der Waals surface area contributed by atoms with Crippen molar-refractivity contribution in [1.29, 1.82) is 0 Å². The van der Waals surface area contributed by atoms with Gasteiger partial charge in [-0.2, -0.15) is 22.3 Å².